The molecule has 0 bridgehead atoms. The Hall–Kier alpha value is -1.35. The van der Waals surface area contributed by atoms with Gasteiger partial charge in [0.25, 0.3) is 0 Å². The fourth-order valence-electron chi connectivity index (χ4n) is 3.52. The molecule has 108 valence electrons. The molecule has 0 saturated heterocycles. The Labute approximate surface area is 120 Å². The number of carbonyl (C=O) groups excluding carboxylic acids is 1. The molecule has 1 aromatic carbocycles. The summed E-state index contributed by atoms with van der Waals surface area (Å²) in [6, 6.07) is 10.7. The average molecular weight is 272 g/mol. The number of amides is 1. The Morgan fingerprint density at radius 3 is 2.70 bits per heavy atom. The molecule has 1 amide bonds. The number of hydrogen-bond acceptors (Lipinski definition) is 2. The summed E-state index contributed by atoms with van der Waals surface area (Å²) in [7, 11) is 0. The van der Waals surface area contributed by atoms with Gasteiger partial charge >= 0.3 is 0 Å². The van der Waals surface area contributed by atoms with Crippen molar-refractivity contribution in [1.82, 2.24) is 5.32 Å². The highest BCUT2D eigenvalue weighted by molar-refractivity contribution is 5.83. The first-order valence-electron chi connectivity index (χ1n) is 7.85. The van der Waals surface area contributed by atoms with Crippen LogP contribution in [0.4, 0.5) is 0 Å². The summed E-state index contributed by atoms with van der Waals surface area (Å²) in [5.74, 6) is 1.32. The summed E-state index contributed by atoms with van der Waals surface area (Å²) >= 11 is 0. The molecule has 2 aliphatic carbocycles. The van der Waals surface area contributed by atoms with E-state index in [2.05, 4.69) is 17.4 Å². The Bertz CT molecular complexity index is 459. The zero-order chi connectivity index (χ0) is 13.9. The summed E-state index contributed by atoms with van der Waals surface area (Å²) in [6.07, 6.45) is 5.72. The molecule has 3 N–H and O–H groups in total. The molecule has 3 rings (SSSR count). The molecule has 4 atom stereocenters. The van der Waals surface area contributed by atoms with Gasteiger partial charge in [0.05, 0.1) is 0 Å². The maximum absolute atomic E-state index is 12.4. The van der Waals surface area contributed by atoms with Crippen LogP contribution in [0.3, 0.4) is 0 Å². The Kier molecular flexibility index (Phi) is 4.06. The van der Waals surface area contributed by atoms with E-state index in [1.165, 1.54) is 18.4 Å². The lowest BCUT2D eigenvalue weighted by Gasteiger charge is -2.31. The summed E-state index contributed by atoms with van der Waals surface area (Å²) < 4.78 is 0. The van der Waals surface area contributed by atoms with Crippen LogP contribution < -0.4 is 11.1 Å². The van der Waals surface area contributed by atoms with Crippen LogP contribution in [0, 0.1) is 11.8 Å². The molecular formula is C17H24N2O. The van der Waals surface area contributed by atoms with Gasteiger partial charge in [-0.05, 0) is 43.2 Å². The van der Waals surface area contributed by atoms with Gasteiger partial charge in [0.15, 0.2) is 0 Å². The van der Waals surface area contributed by atoms with E-state index in [1.54, 1.807) is 0 Å². The molecule has 3 nitrogen and oxygen atoms in total. The minimum Gasteiger partial charge on any atom is -0.353 e. The van der Waals surface area contributed by atoms with Gasteiger partial charge in [-0.15, -0.1) is 0 Å². The molecule has 0 radical (unpaired) electrons. The van der Waals surface area contributed by atoms with Crippen molar-refractivity contribution in [3.63, 3.8) is 0 Å². The lowest BCUT2D eigenvalue weighted by molar-refractivity contribution is -0.123. The zero-order valence-corrected chi connectivity index (χ0v) is 11.9. The Morgan fingerprint density at radius 2 is 1.95 bits per heavy atom. The van der Waals surface area contributed by atoms with Gasteiger partial charge in [0.2, 0.25) is 5.91 Å². The smallest absolute Gasteiger partial charge is 0.223 e. The molecule has 1 aromatic rings. The van der Waals surface area contributed by atoms with E-state index in [-0.39, 0.29) is 11.8 Å². The van der Waals surface area contributed by atoms with Crippen LogP contribution in [-0.2, 0) is 4.79 Å². The third-order valence-corrected chi connectivity index (χ3v) is 4.89. The van der Waals surface area contributed by atoms with Crippen molar-refractivity contribution in [2.45, 2.75) is 44.1 Å². The normalized spacial score (nSPS) is 32.6. The Balaban J connectivity index is 1.56. The number of rotatable bonds is 4. The van der Waals surface area contributed by atoms with Crippen LogP contribution in [0.2, 0.25) is 0 Å². The standard InChI is InChI=1S/C17H24N2O/c18-11-13-8-4-5-9-16(13)19-17(20)15-10-14(15)12-6-2-1-3-7-12/h1-3,6-7,13-16H,4-5,8-11,18H2,(H,19,20). The molecule has 0 aromatic heterocycles. The topological polar surface area (TPSA) is 55.1 Å². The molecule has 4 unspecified atom stereocenters. The second kappa shape index (κ2) is 5.96. The van der Waals surface area contributed by atoms with Crippen LogP contribution in [0.5, 0.6) is 0 Å². The first kappa shape index (κ1) is 13.6. The van der Waals surface area contributed by atoms with Gasteiger partial charge in [0.1, 0.15) is 0 Å². The highest BCUT2D eigenvalue weighted by Crippen LogP contribution is 2.47. The number of nitrogens with one attached hydrogen (secondary N) is 1. The van der Waals surface area contributed by atoms with Gasteiger partial charge in [-0.2, -0.15) is 0 Å². The minimum atomic E-state index is 0.178. The highest BCUT2D eigenvalue weighted by atomic mass is 16.2. The van der Waals surface area contributed by atoms with Crippen LogP contribution in [-0.4, -0.2) is 18.5 Å². The van der Waals surface area contributed by atoms with Crippen molar-refractivity contribution in [2.75, 3.05) is 6.54 Å². The lowest BCUT2D eigenvalue weighted by Crippen LogP contribution is -2.45. The van der Waals surface area contributed by atoms with Crippen molar-refractivity contribution in [3.05, 3.63) is 35.9 Å². The zero-order valence-electron chi connectivity index (χ0n) is 11.9. The van der Waals surface area contributed by atoms with Crippen LogP contribution in [0.1, 0.15) is 43.6 Å². The molecule has 0 spiro atoms. The summed E-state index contributed by atoms with van der Waals surface area (Å²) in [5.41, 5.74) is 7.13. The van der Waals surface area contributed by atoms with Crippen molar-refractivity contribution >= 4 is 5.91 Å². The van der Waals surface area contributed by atoms with E-state index in [0.29, 0.717) is 24.4 Å². The van der Waals surface area contributed by atoms with E-state index in [0.717, 1.165) is 19.3 Å². The predicted octanol–water partition coefficient (Wildman–Crippen LogP) is 2.42. The lowest BCUT2D eigenvalue weighted by atomic mass is 9.84. The van der Waals surface area contributed by atoms with Crippen LogP contribution in [0.15, 0.2) is 30.3 Å². The second-order valence-corrected chi connectivity index (χ2v) is 6.25. The summed E-state index contributed by atoms with van der Waals surface area (Å²) in [4.78, 5) is 12.4. The van der Waals surface area contributed by atoms with Crippen molar-refractivity contribution < 1.29 is 4.79 Å². The number of benzene rings is 1. The van der Waals surface area contributed by atoms with Crippen molar-refractivity contribution in [2.24, 2.45) is 17.6 Å². The molecule has 3 heteroatoms. The van der Waals surface area contributed by atoms with E-state index < -0.39 is 0 Å². The number of carbonyl (C=O) groups is 1. The minimum absolute atomic E-state index is 0.178. The van der Waals surface area contributed by atoms with Gasteiger partial charge in [-0.3, -0.25) is 4.79 Å². The molecule has 0 aliphatic heterocycles. The molecular weight excluding hydrogens is 248 g/mol. The third-order valence-electron chi connectivity index (χ3n) is 4.89. The van der Waals surface area contributed by atoms with Gasteiger partial charge in [-0.25, -0.2) is 0 Å². The SMILES string of the molecule is NCC1CCCCC1NC(=O)C1CC1c1ccccc1. The summed E-state index contributed by atoms with van der Waals surface area (Å²) in [6.45, 7) is 0.692. The third kappa shape index (κ3) is 2.88. The monoisotopic (exact) mass is 272 g/mol. The van der Waals surface area contributed by atoms with Gasteiger partial charge < -0.3 is 11.1 Å². The van der Waals surface area contributed by atoms with Gasteiger partial charge in [-0.1, -0.05) is 43.2 Å². The second-order valence-electron chi connectivity index (χ2n) is 6.25. The number of nitrogens with two attached hydrogens (primary N) is 1. The van der Waals surface area contributed by atoms with Gasteiger partial charge in [0, 0.05) is 12.0 Å². The Morgan fingerprint density at radius 1 is 1.20 bits per heavy atom. The quantitative estimate of drug-likeness (QED) is 0.884. The largest absolute Gasteiger partial charge is 0.353 e. The fraction of sp³-hybridized carbons (Fsp3) is 0.588. The van der Waals surface area contributed by atoms with Crippen molar-refractivity contribution in [1.29, 1.82) is 0 Å². The average Bonchev–Trinajstić information content (AvgIpc) is 3.29. The first-order valence-corrected chi connectivity index (χ1v) is 7.85. The van der Waals surface area contributed by atoms with Crippen molar-refractivity contribution in [3.8, 4) is 0 Å². The van der Waals surface area contributed by atoms with E-state index in [4.69, 9.17) is 5.73 Å². The fourth-order valence-corrected chi connectivity index (χ4v) is 3.52. The molecule has 2 saturated carbocycles. The predicted molar refractivity (Wildman–Crippen MR) is 80.2 cm³/mol. The molecule has 2 fully saturated rings. The maximum Gasteiger partial charge on any atom is 0.223 e. The number of hydrogen-bond donors (Lipinski definition) is 2. The van der Waals surface area contributed by atoms with E-state index in [9.17, 15) is 4.79 Å². The maximum atomic E-state index is 12.4. The van der Waals surface area contributed by atoms with E-state index in [1.807, 2.05) is 18.2 Å². The summed E-state index contributed by atoms with van der Waals surface area (Å²) in [5, 5.41) is 3.26. The molecule has 2 aliphatic rings. The highest BCUT2D eigenvalue weighted by Gasteiger charge is 2.44. The van der Waals surface area contributed by atoms with Crippen LogP contribution >= 0.6 is 0 Å². The molecule has 0 heterocycles. The van der Waals surface area contributed by atoms with E-state index >= 15 is 0 Å². The molecule has 20 heavy (non-hydrogen) atoms. The van der Waals surface area contributed by atoms with Crippen LogP contribution in [0.25, 0.3) is 0 Å². The first-order chi connectivity index (χ1) is 9.79.